The van der Waals surface area contributed by atoms with E-state index in [-0.39, 0.29) is 13.3 Å². The van der Waals surface area contributed by atoms with Crippen molar-refractivity contribution in [1.29, 1.82) is 0 Å². The average molecular weight is 378 g/mol. The van der Waals surface area contributed by atoms with E-state index in [1.807, 2.05) is 29.2 Å². The number of imidazole rings is 1. The molecule has 28 heavy (non-hydrogen) atoms. The van der Waals surface area contributed by atoms with E-state index in [0.29, 0.717) is 18.9 Å². The van der Waals surface area contributed by atoms with Crippen LogP contribution in [-0.2, 0) is 0 Å². The number of aromatic nitrogens is 4. The molecule has 0 saturated carbocycles. The summed E-state index contributed by atoms with van der Waals surface area (Å²) < 4.78 is 0. The molecule has 4 heterocycles. The van der Waals surface area contributed by atoms with E-state index < -0.39 is 0 Å². The molecule has 2 aromatic heterocycles. The van der Waals surface area contributed by atoms with Gasteiger partial charge in [-0.2, -0.15) is 0 Å². The molecule has 0 spiro atoms. The van der Waals surface area contributed by atoms with Crippen LogP contribution in [0.5, 0.6) is 0 Å². The van der Waals surface area contributed by atoms with Crippen LogP contribution >= 0.6 is 0 Å². The Morgan fingerprint density at radius 3 is 2.68 bits per heavy atom. The van der Waals surface area contributed by atoms with Crippen LogP contribution in [0.15, 0.2) is 36.7 Å². The summed E-state index contributed by atoms with van der Waals surface area (Å²) in [7, 11) is 0. The van der Waals surface area contributed by atoms with E-state index in [1.54, 1.807) is 12.4 Å². The number of piperidine rings is 1. The lowest BCUT2D eigenvalue weighted by atomic mass is 9.94. The van der Waals surface area contributed by atoms with Crippen molar-refractivity contribution in [3.8, 4) is 0 Å². The maximum Gasteiger partial charge on any atom is 0.289 e. The normalized spacial score (nSPS) is 18.5. The van der Waals surface area contributed by atoms with E-state index in [1.165, 1.54) is 12.8 Å². The fourth-order valence-electron chi connectivity index (χ4n) is 4.11. The van der Waals surface area contributed by atoms with Gasteiger partial charge in [0.2, 0.25) is 0 Å². The predicted molar refractivity (Wildman–Crippen MR) is 109 cm³/mol. The number of nitrogens with one attached hydrogen (secondary N) is 1. The topological polar surface area (TPSA) is 78.0 Å². The molecule has 1 N–H and O–H groups in total. The average Bonchev–Trinajstić information content (AvgIpc) is 3.12. The van der Waals surface area contributed by atoms with Crippen LogP contribution in [0.25, 0.3) is 11.0 Å². The van der Waals surface area contributed by atoms with Crippen molar-refractivity contribution in [3.63, 3.8) is 0 Å². The standard InChI is InChI=1S/C21H24N6O.H2/c1-14-6-10-26(11-7-14)20-18(22-8-9-23-20)15-12-27(13-15)21(28)19-24-16-4-2-3-5-17(16)25-19;/h2-5,8-9,14-15H,6-7,10-13H2,1H3,(H,24,25);1H. The molecule has 5 rings (SSSR count). The molecule has 0 aliphatic carbocycles. The summed E-state index contributed by atoms with van der Waals surface area (Å²) >= 11 is 0. The van der Waals surface area contributed by atoms with Crippen molar-refractivity contribution in [3.05, 3.63) is 48.2 Å². The molecule has 146 valence electrons. The summed E-state index contributed by atoms with van der Waals surface area (Å²) in [6.45, 7) is 5.68. The molecule has 1 amide bonds. The molecule has 2 aliphatic heterocycles. The van der Waals surface area contributed by atoms with Crippen molar-refractivity contribution in [2.75, 3.05) is 31.1 Å². The van der Waals surface area contributed by atoms with Crippen LogP contribution in [0.1, 0.15) is 43.4 Å². The van der Waals surface area contributed by atoms with E-state index in [0.717, 1.165) is 41.6 Å². The number of hydrogen-bond acceptors (Lipinski definition) is 5. The number of para-hydroxylation sites is 2. The number of carbonyl (C=O) groups is 1. The summed E-state index contributed by atoms with van der Waals surface area (Å²) in [6.07, 6.45) is 5.91. The zero-order valence-corrected chi connectivity index (χ0v) is 16.0. The van der Waals surface area contributed by atoms with Gasteiger partial charge in [0.1, 0.15) is 0 Å². The third kappa shape index (κ3) is 3.00. The second-order valence-electron chi connectivity index (χ2n) is 7.94. The second-order valence-corrected chi connectivity index (χ2v) is 7.94. The highest BCUT2D eigenvalue weighted by atomic mass is 16.2. The summed E-state index contributed by atoms with van der Waals surface area (Å²) in [4.78, 5) is 33.8. The highest BCUT2D eigenvalue weighted by Crippen LogP contribution is 2.33. The first-order chi connectivity index (χ1) is 13.7. The number of anilines is 1. The van der Waals surface area contributed by atoms with Gasteiger partial charge in [-0.15, -0.1) is 0 Å². The Labute approximate surface area is 165 Å². The SMILES string of the molecule is CC1CCN(c2nccnc2C2CN(C(=O)c3nc4ccccc4[nH]3)C2)CC1.[HH]. The lowest BCUT2D eigenvalue weighted by molar-refractivity contribution is 0.0587. The summed E-state index contributed by atoms with van der Waals surface area (Å²) in [6, 6.07) is 7.70. The fourth-order valence-corrected chi connectivity index (χ4v) is 4.11. The first-order valence-electron chi connectivity index (χ1n) is 9.99. The number of H-pyrrole nitrogens is 1. The van der Waals surface area contributed by atoms with E-state index >= 15 is 0 Å². The van der Waals surface area contributed by atoms with Crippen LogP contribution in [0, 0.1) is 5.92 Å². The second kappa shape index (κ2) is 6.89. The maximum absolute atomic E-state index is 12.8. The van der Waals surface area contributed by atoms with Gasteiger partial charge >= 0.3 is 0 Å². The van der Waals surface area contributed by atoms with Crippen molar-refractivity contribution in [2.45, 2.75) is 25.7 Å². The first-order valence-corrected chi connectivity index (χ1v) is 9.99. The van der Waals surface area contributed by atoms with Gasteiger partial charge in [-0.25, -0.2) is 9.97 Å². The van der Waals surface area contributed by atoms with Crippen LogP contribution in [0.4, 0.5) is 5.82 Å². The van der Waals surface area contributed by atoms with Gasteiger partial charge in [-0.05, 0) is 30.9 Å². The van der Waals surface area contributed by atoms with Crippen molar-refractivity contribution in [2.24, 2.45) is 5.92 Å². The summed E-state index contributed by atoms with van der Waals surface area (Å²) in [5, 5.41) is 0. The zero-order valence-electron chi connectivity index (χ0n) is 16.0. The smallest absolute Gasteiger partial charge is 0.289 e. The lowest BCUT2D eigenvalue weighted by Gasteiger charge is -2.40. The van der Waals surface area contributed by atoms with Crippen molar-refractivity contribution in [1.82, 2.24) is 24.8 Å². The highest BCUT2D eigenvalue weighted by Gasteiger charge is 2.37. The molecular weight excluding hydrogens is 352 g/mol. The van der Waals surface area contributed by atoms with Gasteiger partial charge in [0.05, 0.1) is 16.7 Å². The minimum Gasteiger partial charge on any atom is -0.355 e. The van der Waals surface area contributed by atoms with Crippen molar-refractivity contribution < 1.29 is 6.22 Å². The van der Waals surface area contributed by atoms with Gasteiger partial charge < -0.3 is 14.8 Å². The summed E-state index contributed by atoms with van der Waals surface area (Å²) in [5.74, 6) is 2.36. The van der Waals surface area contributed by atoms with Crippen molar-refractivity contribution >= 4 is 22.8 Å². The van der Waals surface area contributed by atoms with Gasteiger partial charge in [0.25, 0.3) is 5.91 Å². The van der Waals surface area contributed by atoms with E-state index in [2.05, 4.69) is 31.8 Å². The van der Waals surface area contributed by atoms with Crippen LogP contribution in [-0.4, -0.2) is 56.9 Å². The van der Waals surface area contributed by atoms with Gasteiger partial charge in [-0.3, -0.25) is 9.78 Å². The van der Waals surface area contributed by atoms with Crippen LogP contribution in [0.3, 0.4) is 0 Å². The molecule has 7 nitrogen and oxygen atoms in total. The fraction of sp³-hybridized carbons (Fsp3) is 0.429. The van der Waals surface area contributed by atoms with Gasteiger partial charge in [0.15, 0.2) is 11.6 Å². The third-order valence-corrected chi connectivity index (χ3v) is 5.94. The van der Waals surface area contributed by atoms with Gasteiger partial charge in [-0.1, -0.05) is 19.1 Å². The Morgan fingerprint density at radius 2 is 1.89 bits per heavy atom. The molecular formula is C21H26N6O. The minimum atomic E-state index is -0.0512. The monoisotopic (exact) mass is 378 g/mol. The zero-order chi connectivity index (χ0) is 19.1. The molecule has 7 heteroatoms. The number of fused-ring (bicyclic) bond motifs is 1. The largest absolute Gasteiger partial charge is 0.355 e. The maximum atomic E-state index is 12.8. The number of likely N-dealkylation sites (tertiary alicyclic amines) is 1. The molecule has 2 saturated heterocycles. The predicted octanol–water partition coefficient (Wildman–Crippen LogP) is 3.07. The number of benzene rings is 1. The van der Waals surface area contributed by atoms with E-state index in [4.69, 9.17) is 0 Å². The highest BCUT2D eigenvalue weighted by molar-refractivity contribution is 5.94. The molecule has 2 aliphatic rings. The molecule has 2 fully saturated rings. The number of aromatic amines is 1. The van der Waals surface area contributed by atoms with E-state index in [9.17, 15) is 4.79 Å². The molecule has 0 radical (unpaired) electrons. The minimum absolute atomic E-state index is 0. The number of rotatable bonds is 3. The lowest BCUT2D eigenvalue weighted by Crippen LogP contribution is -2.49. The quantitative estimate of drug-likeness (QED) is 0.758. The van der Waals surface area contributed by atoms with Crippen LogP contribution in [0.2, 0.25) is 0 Å². The molecule has 0 bridgehead atoms. The number of carbonyl (C=O) groups excluding carboxylic acids is 1. The third-order valence-electron chi connectivity index (χ3n) is 5.94. The Kier molecular flexibility index (Phi) is 4.22. The molecule has 1 aromatic carbocycles. The number of hydrogen-bond donors (Lipinski definition) is 1. The molecule has 0 unspecified atom stereocenters. The van der Waals surface area contributed by atoms with Crippen LogP contribution < -0.4 is 4.90 Å². The molecule has 0 atom stereocenters. The Balaban J connectivity index is 0.00000205. The number of amides is 1. The number of nitrogens with zero attached hydrogens (tertiary/aromatic N) is 5. The Morgan fingerprint density at radius 1 is 1.14 bits per heavy atom. The molecule has 3 aromatic rings. The summed E-state index contributed by atoms with van der Waals surface area (Å²) in [5.41, 5.74) is 2.72. The van der Waals surface area contributed by atoms with Gasteiger partial charge in [0, 0.05) is 45.9 Å². The Bertz CT molecular complexity index is 974. The Hall–Kier alpha value is -2.96. The first kappa shape index (κ1) is 17.2.